The summed E-state index contributed by atoms with van der Waals surface area (Å²) < 4.78 is 28.0. The van der Waals surface area contributed by atoms with E-state index in [9.17, 15) is 23.2 Å². The summed E-state index contributed by atoms with van der Waals surface area (Å²) >= 11 is 1.37. The van der Waals surface area contributed by atoms with Crippen LogP contribution in [0.5, 0.6) is 0 Å². The molecule has 2 aromatic heterocycles. The zero-order valence-electron chi connectivity index (χ0n) is 18.5. The van der Waals surface area contributed by atoms with Gasteiger partial charge >= 0.3 is 5.69 Å². The van der Waals surface area contributed by atoms with Gasteiger partial charge in [0.1, 0.15) is 16.2 Å². The van der Waals surface area contributed by atoms with Crippen LogP contribution in [0.1, 0.15) is 19.7 Å². The molecule has 0 fully saturated rings. The van der Waals surface area contributed by atoms with Gasteiger partial charge in [0.2, 0.25) is 5.91 Å². The fourth-order valence-electron chi connectivity index (χ4n) is 3.16. The molecule has 0 radical (unpaired) electrons. The first kappa shape index (κ1) is 24.9. The first-order valence-corrected chi connectivity index (χ1v) is 11.9. The van der Waals surface area contributed by atoms with Gasteiger partial charge in [0.05, 0.1) is 11.4 Å². The van der Waals surface area contributed by atoms with E-state index in [0.717, 1.165) is 16.3 Å². The van der Waals surface area contributed by atoms with Crippen molar-refractivity contribution in [1.29, 1.82) is 0 Å². The van der Waals surface area contributed by atoms with Gasteiger partial charge < -0.3 is 5.32 Å². The van der Waals surface area contributed by atoms with Gasteiger partial charge in [-0.1, -0.05) is 49.5 Å². The zero-order valence-corrected chi connectivity index (χ0v) is 20.1. The maximum absolute atomic E-state index is 12.9. The molecule has 0 unspecified atom stereocenters. The molecule has 0 saturated heterocycles. The van der Waals surface area contributed by atoms with E-state index in [1.54, 1.807) is 19.1 Å². The third-order valence-corrected chi connectivity index (χ3v) is 6.29. The fourth-order valence-corrected chi connectivity index (χ4v) is 4.62. The van der Waals surface area contributed by atoms with Crippen molar-refractivity contribution < 1.29 is 13.6 Å². The smallest absolute Gasteiger partial charge is 0.324 e. The molecule has 0 spiro atoms. The van der Waals surface area contributed by atoms with Crippen molar-refractivity contribution in [3.05, 3.63) is 50.9 Å². The number of rotatable bonds is 8. The van der Waals surface area contributed by atoms with Crippen molar-refractivity contribution in [2.75, 3.05) is 11.1 Å². The molecular formula is C21H23F2N5O3S2. The summed E-state index contributed by atoms with van der Waals surface area (Å²) in [5.74, 6) is -2.70. The van der Waals surface area contributed by atoms with Crippen LogP contribution in [-0.4, -0.2) is 36.5 Å². The normalized spacial score (nSPS) is 11.5. The van der Waals surface area contributed by atoms with Crippen LogP contribution in [0.3, 0.4) is 0 Å². The molecule has 1 amide bonds. The molecule has 0 aliphatic carbocycles. The highest BCUT2D eigenvalue weighted by Crippen LogP contribution is 2.32. The van der Waals surface area contributed by atoms with E-state index < -0.39 is 22.9 Å². The van der Waals surface area contributed by atoms with E-state index >= 15 is 0 Å². The van der Waals surface area contributed by atoms with Crippen molar-refractivity contribution in [2.24, 2.45) is 13.0 Å². The number of halogens is 2. The van der Waals surface area contributed by atoms with Crippen LogP contribution < -0.4 is 16.6 Å². The number of fused-ring (bicyclic) bond motifs is 1. The van der Waals surface area contributed by atoms with Crippen molar-refractivity contribution in [1.82, 2.24) is 19.1 Å². The Morgan fingerprint density at radius 1 is 1.18 bits per heavy atom. The van der Waals surface area contributed by atoms with Gasteiger partial charge in [0.15, 0.2) is 5.65 Å². The zero-order chi connectivity index (χ0) is 24.3. The highest BCUT2D eigenvalue weighted by Gasteiger charge is 2.20. The van der Waals surface area contributed by atoms with Crippen LogP contribution in [0.25, 0.3) is 11.0 Å². The van der Waals surface area contributed by atoms with Gasteiger partial charge in [-0.15, -0.1) is 0 Å². The molecule has 0 bridgehead atoms. The van der Waals surface area contributed by atoms with Crippen LogP contribution >= 0.6 is 23.5 Å². The Bertz CT molecular complexity index is 1310. The lowest BCUT2D eigenvalue weighted by Crippen LogP contribution is -2.39. The Hall–Kier alpha value is -2.73. The van der Waals surface area contributed by atoms with Crippen LogP contribution in [0, 0.1) is 12.8 Å². The standard InChI is InChI=1S/C21H23F2N5O3S2/c1-11(2)9-28-17-16(19(30)27(4)21(28)31)18(25-12(3)24-17)32-10-15(29)26-13-7-5-6-8-14(13)33-20(22)23/h5-8,11,20H,9-10H2,1-4H3,(H,26,29). The molecule has 2 heterocycles. The summed E-state index contributed by atoms with van der Waals surface area (Å²) in [5.41, 5.74) is -0.512. The lowest BCUT2D eigenvalue weighted by molar-refractivity contribution is -0.113. The lowest BCUT2D eigenvalue weighted by atomic mass is 10.2. The van der Waals surface area contributed by atoms with E-state index in [1.165, 1.54) is 23.7 Å². The van der Waals surface area contributed by atoms with E-state index in [2.05, 4.69) is 15.3 Å². The molecule has 8 nitrogen and oxygen atoms in total. The third-order valence-electron chi connectivity index (χ3n) is 4.53. The maximum atomic E-state index is 12.9. The van der Waals surface area contributed by atoms with Crippen LogP contribution in [0.15, 0.2) is 43.8 Å². The fraction of sp³-hybridized carbons (Fsp3) is 0.381. The second-order valence-electron chi connectivity index (χ2n) is 7.64. The number of nitrogens with one attached hydrogen (secondary N) is 1. The number of aromatic nitrogens is 4. The predicted octanol–water partition coefficient (Wildman–Crippen LogP) is 3.50. The SMILES string of the molecule is Cc1nc(SCC(=O)Nc2ccccc2SC(F)F)c2c(=O)n(C)c(=O)n(CC(C)C)c2n1. The molecule has 0 aliphatic heterocycles. The number of benzene rings is 1. The molecule has 0 aliphatic rings. The van der Waals surface area contributed by atoms with Gasteiger partial charge in [-0.3, -0.25) is 18.7 Å². The molecule has 176 valence electrons. The van der Waals surface area contributed by atoms with Gasteiger partial charge in [-0.2, -0.15) is 8.78 Å². The molecule has 0 saturated carbocycles. The van der Waals surface area contributed by atoms with Crippen molar-refractivity contribution in [3.8, 4) is 0 Å². The summed E-state index contributed by atoms with van der Waals surface area (Å²) in [6.45, 7) is 5.90. The molecule has 3 aromatic rings. The first-order valence-electron chi connectivity index (χ1n) is 10.0. The number of thioether (sulfide) groups is 2. The average Bonchev–Trinajstić information content (AvgIpc) is 2.74. The van der Waals surface area contributed by atoms with E-state index in [-0.39, 0.29) is 38.3 Å². The summed E-state index contributed by atoms with van der Waals surface area (Å²) in [6, 6.07) is 6.28. The second kappa shape index (κ2) is 10.5. The van der Waals surface area contributed by atoms with E-state index in [4.69, 9.17) is 0 Å². The molecule has 12 heteroatoms. The van der Waals surface area contributed by atoms with Crippen LogP contribution in [-0.2, 0) is 18.4 Å². The number of anilines is 1. The number of hydrogen-bond acceptors (Lipinski definition) is 7. The Labute approximate surface area is 196 Å². The quantitative estimate of drug-likeness (QED) is 0.377. The van der Waals surface area contributed by atoms with Crippen molar-refractivity contribution in [2.45, 2.75) is 43.0 Å². The van der Waals surface area contributed by atoms with Crippen LogP contribution in [0.4, 0.5) is 14.5 Å². The van der Waals surface area contributed by atoms with Crippen molar-refractivity contribution >= 4 is 46.2 Å². The number of alkyl halides is 2. The third kappa shape index (κ3) is 5.80. The highest BCUT2D eigenvalue weighted by atomic mass is 32.2. The minimum atomic E-state index is -2.62. The summed E-state index contributed by atoms with van der Waals surface area (Å²) in [5, 5.41) is 3.07. The average molecular weight is 496 g/mol. The van der Waals surface area contributed by atoms with Crippen LogP contribution in [0.2, 0.25) is 0 Å². The Balaban J connectivity index is 1.93. The van der Waals surface area contributed by atoms with Crippen molar-refractivity contribution in [3.63, 3.8) is 0 Å². The second-order valence-corrected chi connectivity index (χ2v) is 9.63. The number of carbonyl (C=O) groups is 1. The first-order chi connectivity index (χ1) is 15.6. The Morgan fingerprint density at radius 2 is 1.88 bits per heavy atom. The maximum Gasteiger partial charge on any atom is 0.332 e. The minimum Gasteiger partial charge on any atom is -0.324 e. The summed E-state index contributed by atoms with van der Waals surface area (Å²) in [4.78, 5) is 47.0. The lowest BCUT2D eigenvalue weighted by Gasteiger charge is -2.15. The largest absolute Gasteiger partial charge is 0.332 e. The number of nitrogens with zero attached hydrogens (tertiary/aromatic N) is 4. The summed E-state index contributed by atoms with van der Waals surface area (Å²) in [6.07, 6.45) is 0. The number of hydrogen-bond donors (Lipinski definition) is 1. The Morgan fingerprint density at radius 3 is 2.55 bits per heavy atom. The minimum absolute atomic E-state index is 0.119. The summed E-state index contributed by atoms with van der Waals surface area (Å²) in [7, 11) is 1.39. The number of aryl methyl sites for hydroxylation is 1. The number of para-hydroxylation sites is 1. The van der Waals surface area contributed by atoms with E-state index in [1.807, 2.05) is 13.8 Å². The molecule has 1 aromatic carbocycles. The Kier molecular flexibility index (Phi) is 7.90. The number of carbonyl (C=O) groups excluding carboxylic acids is 1. The molecule has 3 rings (SSSR count). The molecule has 33 heavy (non-hydrogen) atoms. The number of amides is 1. The van der Waals surface area contributed by atoms with Gasteiger partial charge in [-0.25, -0.2) is 14.8 Å². The topological polar surface area (TPSA) is 98.9 Å². The van der Waals surface area contributed by atoms with Gasteiger partial charge in [-0.05, 0) is 25.0 Å². The van der Waals surface area contributed by atoms with Gasteiger partial charge in [0, 0.05) is 18.5 Å². The molecule has 0 atom stereocenters. The molecule has 1 N–H and O–H groups in total. The van der Waals surface area contributed by atoms with E-state index in [0.29, 0.717) is 24.1 Å². The van der Waals surface area contributed by atoms with Gasteiger partial charge in [0.25, 0.3) is 11.3 Å². The molecular weight excluding hydrogens is 472 g/mol. The predicted molar refractivity (Wildman–Crippen MR) is 126 cm³/mol. The monoisotopic (exact) mass is 495 g/mol. The highest BCUT2D eigenvalue weighted by molar-refractivity contribution is 8.00.